The van der Waals surface area contributed by atoms with Crippen molar-refractivity contribution in [1.82, 2.24) is 15.6 Å². The van der Waals surface area contributed by atoms with E-state index in [1.807, 2.05) is 13.0 Å². The van der Waals surface area contributed by atoms with E-state index in [0.717, 1.165) is 45.0 Å². The van der Waals surface area contributed by atoms with Gasteiger partial charge in [-0.1, -0.05) is 25.4 Å². The van der Waals surface area contributed by atoms with Crippen molar-refractivity contribution in [3.05, 3.63) is 22.7 Å². The maximum Gasteiger partial charge on any atom is 0.187 e. The van der Waals surface area contributed by atoms with Crippen molar-refractivity contribution in [3.63, 3.8) is 0 Å². The third kappa shape index (κ3) is 8.74. The van der Waals surface area contributed by atoms with Crippen LogP contribution in [0.3, 0.4) is 0 Å². The van der Waals surface area contributed by atoms with Crippen molar-refractivity contribution in [2.75, 3.05) is 52.6 Å². The van der Waals surface area contributed by atoms with Crippen molar-refractivity contribution in [1.29, 1.82) is 0 Å². The van der Waals surface area contributed by atoms with E-state index >= 15 is 0 Å². The Morgan fingerprint density at radius 1 is 1.34 bits per heavy atom. The maximum absolute atomic E-state index is 6.40. The summed E-state index contributed by atoms with van der Waals surface area (Å²) >= 11 is 11.7. The second-order valence-electron chi connectivity index (χ2n) is 7.05. The lowest BCUT2D eigenvalue weighted by Gasteiger charge is -2.26. The Bertz CT molecular complexity index is 682. The molecular weight excluding hydrogens is 412 g/mol. The van der Waals surface area contributed by atoms with Crippen molar-refractivity contribution < 1.29 is 14.2 Å². The van der Waals surface area contributed by atoms with Crippen LogP contribution in [-0.4, -0.2) is 68.8 Å². The molecule has 1 aromatic carbocycles. The van der Waals surface area contributed by atoms with E-state index in [2.05, 4.69) is 34.6 Å². The van der Waals surface area contributed by atoms with Crippen LogP contribution in [0, 0.1) is 5.92 Å². The summed E-state index contributed by atoms with van der Waals surface area (Å²) in [5.41, 5.74) is 3.62. The molecule has 1 aliphatic rings. The average Bonchev–Trinajstić information content (AvgIpc) is 2.68. The number of rotatable bonds is 10. The Hall–Kier alpha value is -1.61. The highest BCUT2D eigenvalue weighted by atomic mass is 35.5. The quantitative estimate of drug-likeness (QED) is 0.328. The normalized spacial score (nSPS) is 14.9. The lowest BCUT2D eigenvalue weighted by atomic mass is 10.2. The van der Waals surface area contributed by atoms with Gasteiger partial charge < -0.3 is 19.5 Å². The Balaban J connectivity index is 1.85. The van der Waals surface area contributed by atoms with Crippen LogP contribution in [0.15, 0.2) is 17.2 Å². The number of benzene rings is 1. The fourth-order valence-electron chi connectivity index (χ4n) is 2.67. The van der Waals surface area contributed by atoms with Gasteiger partial charge in [0.25, 0.3) is 0 Å². The second-order valence-corrected chi connectivity index (χ2v) is 7.86. The fraction of sp³-hybridized carbons (Fsp3) is 0.600. The van der Waals surface area contributed by atoms with Crippen LogP contribution in [0.5, 0.6) is 11.5 Å². The van der Waals surface area contributed by atoms with Crippen LogP contribution in [-0.2, 0) is 4.74 Å². The number of nitrogens with one attached hydrogen (secondary N) is 2. The molecule has 2 N–H and O–H groups in total. The summed E-state index contributed by atoms with van der Waals surface area (Å²) in [6, 6.07) is 3.64. The Morgan fingerprint density at radius 2 is 2.10 bits per heavy atom. The molecule has 162 valence electrons. The molecule has 1 aromatic rings. The number of hydrogen-bond donors (Lipinski definition) is 2. The summed E-state index contributed by atoms with van der Waals surface area (Å²) < 4.78 is 16.8. The summed E-state index contributed by atoms with van der Waals surface area (Å²) in [6.07, 6.45) is 1.65. The zero-order valence-electron chi connectivity index (χ0n) is 17.4. The van der Waals surface area contributed by atoms with E-state index < -0.39 is 0 Å². The first-order valence-electron chi connectivity index (χ1n) is 9.95. The van der Waals surface area contributed by atoms with Gasteiger partial charge in [-0.2, -0.15) is 5.10 Å². The smallest absolute Gasteiger partial charge is 0.187 e. The average molecular weight is 443 g/mol. The van der Waals surface area contributed by atoms with Crippen LogP contribution in [0.2, 0.25) is 5.02 Å². The number of ether oxygens (including phenoxy) is 3. The number of hydrogen-bond acceptors (Lipinski definition) is 6. The van der Waals surface area contributed by atoms with E-state index in [-0.39, 0.29) is 0 Å². The van der Waals surface area contributed by atoms with E-state index in [1.165, 1.54) is 0 Å². The van der Waals surface area contributed by atoms with E-state index in [1.54, 1.807) is 12.3 Å². The molecule has 1 fully saturated rings. The van der Waals surface area contributed by atoms with Gasteiger partial charge in [0.15, 0.2) is 16.6 Å². The summed E-state index contributed by atoms with van der Waals surface area (Å²) in [4.78, 5) is 2.34. The van der Waals surface area contributed by atoms with Crippen molar-refractivity contribution in [3.8, 4) is 11.5 Å². The van der Waals surface area contributed by atoms with Gasteiger partial charge in [0, 0.05) is 26.2 Å². The predicted octanol–water partition coefficient (Wildman–Crippen LogP) is 2.90. The molecule has 2 rings (SSSR count). The number of halogens is 1. The molecule has 0 radical (unpaired) electrons. The molecule has 1 saturated heterocycles. The number of morpholine rings is 1. The summed E-state index contributed by atoms with van der Waals surface area (Å²) in [7, 11) is 0. The third-order valence-corrected chi connectivity index (χ3v) is 4.61. The molecule has 1 heterocycles. The largest absolute Gasteiger partial charge is 0.490 e. The van der Waals surface area contributed by atoms with Gasteiger partial charge in [0.2, 0.25) is 0 Å². The first-order chi connectivity index (χ1) is 14.0. The maximum atomic E-state index is 6.40. The molecule has 0 spiro atoms. The molecule has 0 amide bonds. The Morgan fingerprint density at radius 3 is 2.79 bits per heavy atom. The van der Waals surface area contributed by atoms with Gasteiger partial charge in [-0.25, -0.2) is 0 Å². The van der Waals surface area contributed by atoms with Gasteiger partial charge in [-0.3, -0.25) is 10.3 Å². The Labute approximate surface area is 183 Å². The zero-order chi connectivity index (χ0) is 21.1. The van der Waals surface area contributed by atoms with Crippen LogP contribution in [0.1, 0.15) is 26.3 Å². The topological polar surface area (TPSA) is 67.4 Å². The fourth-order valence-corrected chi connectivity index (χ4v) is 3.10. The highest BCUT2D eigenvalue weighted by Crippen LogP contribution is 2.36. The zero-order valence-corrected chi connectivity index (χ0v) is 18.9. The van der Waals surface area contributed by atoms with Crippen LogP contribution in [0.25, 0.3) is 0 Å². The molecule has 0 aliphatic carbocycles. The SMILES string of the molecule is CCOc1cc(/C=N/NC(=S)NCCN2CCOCC2)cc(Cl)c1OCC(C)C. The number of thiocarbonyl (C=S) groups is 1. The molecule has 7 nitrogen and oxygen atoms in total. The van der Waals surface area contributed by atoms with Crippen molar-refractivity contribution >= 4 is 35.1 Å². The number of hydrazone groups is 1. The van der Waals surface area contributed by atoms with Crippen molar-refractivity contribution in [2.24, 2.45) is 11.0 Å². The lowest BCUT2D eigenvalue weighted by molar-refractivity contribution is 0.0389. The monoisotopic (exact) mass is 442 g/mol. The lowest BCUT2D eigenvalue weighted by Crippen LogP contribution is -2.42. The van der Waals surface area contributed by atoms with E-state index in [0.29, 0.717) is 40.8 Å². The summed E-state index contributed by atoms with van der Waals surface area (Å²) in [6.45, 7) is 12.3. The van der Waals surface area contributed by atoms with Gasteiger partial charge in [-0.15, -0.1) is 0 Å². The molecular formula is C20H31ClN4O3S. The predicted molar refractivity (Wildman–Crippen MR) is 122 cm³/mol. The minimum Gasteiger partial charge on any atom is -0.490 e. The van der Waals surface area contributed by atoms with Gasteiger partial charge in [0.1, 0.15) is 0 Å². The molecule has 0 aromatic heterocycles. The van der Waals surface area contributed by atoms with Gasteiger partial charge in [-0.05, 0) is 42.8 Å². The highest BCUT2D eigenvalue weighted by Gasteiger charge is 2.13. The number of nitrogens with zero attached hydrogens (tertiary/aromatic N) is 2. The molecule has 0 bridgehead atoms. The van der Waals surface area contributed by atoms with Gasteiger partial charge in [0.05, 0.1) is 37.7 Å². The summed E-state index contributed by atoms with van der Waals surface area (Å²) in [5.74, 6) is 1.56. The highest BCUT2D eigenvalue weighted by molar-refractivity contribution is 7.80. The minimum absolute atomic E-state index is 0.391. The third-order valence-electron chi connectivity index (χ3n) is 4.09. The van der Waals surface area contributed by atoms with E-state index in [9.17, 15) is 0 Å². The van der Waals surface area contributed by atoms with E-state index in [4.69, 9.17) is 38.0 Å². The molecule has 0 atom stereocenters. The Kier molecular flexibility index (Phi) is 10.5. The molecule has 1 aliphatic heterocycles. The first-order valence-corrected chi connectivity index (χ1v) is 10.7. The standard InChI is InChI=1S/C20H31ClN4O3S/c1-4-27-18-12-16(11-17(21)19(18)28-14-15(2)3)13-23-24-20(29)22-5-6-25-7-9-26-10-8-25/h11-13,15H,4-10,14H2,1-3H3,(H2,22,24,29)/b23-13+. The first kappa shape index (κ1) is 23.7. The van der Waals surface area contributed by atoms with Crippen LogP contribution < -0.4 is 20.2 Å². The molecule has 0 saturated carbocycles. The van der Waals surface area contributed by atoms with Crippen LogP contribution >= 0.6 is 23.8 Å². The summed E-state index contributed by atoms with van der Waals surface area (Å²) in [5, 5.41) is 8.30. The molecule has 0 unspecified atom stereocenters. The molecule has 29 heavy (non-hydrogen) atoms. The van der Waals surface area contributed by atoms with Crippen molar-refractivity contribution in [2.45, 2.75) is 20.8 Å². The van der Waals surface area contributed by atoms with Gasteiger partial charge >= 0.3 is 0 Å². The minimum atomic E-state index is 0.391. The second kappa shape index (κ2) is 12.8. The van der Waals surface area contributed by atoms with Crippen LogP contribution in [0.4, 0.5) is 0 Å². The molecule has 9 heteroatoms.